The van der Waals surface area contributed by atoms with Crippen LogP contribution in [-0.4, -0.2) is 53.0 Å². The highest BCUT2D eigenvalue weighted by atomic mass is 16.6. The summed E-state index contributed by atoms with van der Waals surface area (Å²) in [5, 5.41) is 11.0. The van der Waals surface area contributed by atoms with E-state index >= 15 is 0 Å². The largest absolute Gasteiger partial charge is 0.375 e. The molecule has 0 unspecified atom stereocenters. The van der Waals surface area contributed by atoms with Gasteiger partial charge in [0, 0.05) is 13.1 Å². The van der Waals surface area contributed by atoms with Gasteiger partial charge in [0.25, 0.3) is 0 Å². The molecule has 1 aromatic rings. The van der Waals surface area contributed by atoms with Crippen LogP contribution in [0, 0.1) is 10.1 Å². The Hall–Kier alpha value is -1.96. The van der Waals surface area contributed by atoms with Crippen molar-refractivity contribution in [3.63, 3.8) is 0 Å². The molecule has 1 N–H and O–H groups in total. The average molecular weight is 267 g/mol. The Balaban J connectivity index is 2.29. The van der Waals surface area contributed by atoms with Crippen molar-refractivity contribution in [3.8, 4) is 0 Å². The van der Waals surface area contributed by atoms with Crippen LogP contribution in [-0.2, 0) is 0 Å². The second kappa shape index (κ2) is 5.35. The van der Waals surface area contributed by atoms with E-state index in [1.807, 2.05) is 7.05 Å². The Kier molecular flexibility index (Phi) is 3.79. The predicted molar refractivity (Wildman–Crippen MR) is 70.4 cm³/mol. The molecule has 0 atom stereocenters. The molecule has 104 valence electrons. The van der Waals surface area contributed by atoms with E-state index in [1.165, 1.54) is 6.33 Å². The zero-order valence-corrected chi connectivity index (χ0v) is 11.0. The molecule has 2 heterocycles. The minimum Gasteiger partial charge on any atom is -0.351 e. The number of likely N-dealkylation sites (tertiary alicyclic amines) is 1. The number of rotatable bonds is 3. The minimum atomic E-state index is -0.713. The summed E-state index contributed by atoms with van der Waals surface area (Å²) in [6.45, 7) is 1.87. The molecule has 19 heavy (non-hydrogen) atoms. The molecular weight excluding hydrogens is 250 g/mol. The molecule has 8 heteroatoms. The molecule has 0 aromatic carbocycles. The molecule has 1 aromatic heterocycles. The average Bonchev–Trinajstić information content (AvgIpc) is 2.38. The van der Waals surface area contributed by atoms with E-state index in [4.69, 9.17) is 0 Å². The highest BCUT2D eigenvalue weighted by Crippen LogP contribution is 2.25. The van der Waals surface area contributed by atoms with Gasteiger partial charge in [0.1, 0.15) is 0 Å². The molecule has 0 amide bonds. The van der Waals surface area contributed by atoms with Crippen LogP contribution in [0.1, 0.15) is 12.8 Å². The molecular formula is C11H17N5O3. The van der Waals surface area contributed by atoms with Gasteiger partial charge in [-0.05, 0) is 33.0 Å². The van der Waals surface area contributed by atoms with Crippen LogP contribution in [0.25, 0.3) is 0 Å². The van der Waals surface area contributed by atoms with Crippen LogP contribution in [0.4, 0.5) is 11.5 Å². The second-order valence-electron chi connectivity index (χ2n) is 4.81. The van der Waals surface area contributed by atoms with Crippen LogP contribution in [0.3, 0.4) is 0 Å². The van der Waals surface area contributed by atoms with Gasteiger partial charge >= 0.3 is 11.2 Å². The third kappa shape index (κ3) is 2.73. The fraction of sp³-hybridized carbons (Fsp3) is 0.636. The van der Waals surface area contributed by atoms with Gasteiger partial charge in [0.05, 0.1) is 11.3 Å². The van der Waals surface area contributed by atoms with Crippen molar-refractivity contribution in [2.24, 2.45) is 0 Å². The van der Waals surface area contributed by atoms with Gasteiger partial charge in [-0.3, -0.25) is 14.9 Å². The molecule has 0 radical (unpaired) electrons. The number of anilines is 1. The lowest BCUT2D eigenvalue weighted by molar-refractivity contribution is -0.385. The van der Waals surface area contributed by atoms with Crippen LogP contribution in [0.5, 0.6) is 0 Å². The van der Waals surface area contributed by atoms with E-state index in [1.54, 1.807) is 11.9 Å². The molecule has 0 aliphatic carbocycles. The van der Waals surface area contributed by atoms with E-state index < -0.39 is 16.2 Å². The Morgan fingerprint density at radius 3 is 2.74 bits per heavy atom. The first-order valence-electron chi connectivity index (χ1n) is 6.14. The molecule has 8 nitrogen and oxygen atoms in total. The Labute approximate surface area is 110 Å². The summed E-state index contributed by atoms with van der Waals surface area (Å²) in [6, 6.07) is 0.171. The molecule has 1 aliphatic rings. The lowest BCUT2D eigenvalue weighted by Crippen LogP contribution is -2.42. The van der Waals surface area contributed by atoms with Crippen LogP contribution < -0.4 is 10.5 Å². The third-order valence-electron chi connectivity index (χ3n) is 3.56. The van der Waals surface area contributed by atoms with E-state index in [-0.39, 0.29) is 11.9 Å². The minimum absolute atomic E-state index is 0.142. The highest BCUT2D eigenvalue weighted by molar-refractivity contribution is 5.56. The maximum absolute atomic E-state index is 11.5. The first-order chi connectivity index (χ1) is 9.00. The Bertz CT molecular complexity index is 521. The summed E-state index contributed by atoms with van der Waals surface area (Å²) in [6.07, 6.45) is 3.01. The first kappa shape index (κ1) is 13.5. The summed E-state index contributed by atoms with van der Waals surface area (Å²) in [7, 11) is 3.80. The standard InChI is InChI=1S/C11H17N5O3/c1-14-5-3-8(4-6-14)15(2)10-9(16(18)19)11(17)13-7-12-10/h7-8H,3-6H2,1-2H3,(H,12,13,17). The van der Waals surface area contributed by atoms with Gasteiger partial charge in [-0.2, -0.15) is 0 Å². The molecule has 0 saturated carbocycles. The number of piperidine rings is 1. The smallest absolute Gasteiger partial charge is 0.351 e. The summed E-state index contributed by atoms with van der Waals surface area (Å²) in [5.41, 5.74) is -1.20. The fourth-order valence-corrected chi connectivity index (χ4v) is 2.36. The number of H-pyrrole nitrogens is 1. The van der Waals surface area contributed by atoms with E-state index in [2.05, 4.69) is 14.9 Å². The Morgan fingerprint density at radius 2 is 2.16 bits per heavy atom. The van der Waals surface area contributed by atoms with Gasteiger partial charge in [-0.1, -0.05) is 0 Å². The van der Waals surface area contributed by atoms with E-state index in [9.17, 15) is 14.9 Å². The molecule has 1 saturated heterocycles. The number of nitrogens with one attached hydrogen (secondary N) is 1. The summed E-state index contributed by atoms with van der Waals surface area (Å²) in [5.74, 6) is 0.142. The fourth-order valence-electron chi connectivity index (χ4n) is 2.36. The van der Waals surface area contributed by atoms with Crippen molar-refractivity contribution in [3.05, 3.63) is 26.8 Å². The summed E-state index contributed by atoms with van der Waals surface area (Å²) >= 11 is 0. The number of aromatic amines is 1. The molecule has 1 aliphatic heterocycles. The number of nitro groups is 1. The van der Waals surface area contributed by atoms with Gasteiger partial charge in [0.15, 0.2) is 0 Å². The monoisotopic (exact) mass is 267 g/mol. The first-order valence-corrected chi connectivity index (χ1v) is 6.14. The molecule has 0 bridgehead atoms. The number of aromatic nitrogens is 2. The Morgan fingerprint density at radius 1 is 1.53 bits per heavy atom. The zero-order chi connectivity index (χ0) is 14.0. The number of hydrogen-bond acceptors (Lipinski definition) is 6. The zero-order valence-electron chi connectivity index (χ0n) is 11.0. The van der Waals surface area contributed by atoms with Crippen molar-refractivity contribution in [1.82, 2.24) is 14.9 Å². The van der Waals surface area contributed by atoms with Crippen molar-refractivity contribution in [1.29, 1.82) is 0 Å². The quantitative estimate of drug-likeness (QED) is 0.621. The maximum atomic E-state index is 11.5. The van der Waals surface area contributed by atoms with Gasteiger partial charge in [0.2, 0.25) is 5.82 Å². The van der Waals surface area contributed by atoms with Crippen LogP contribution in [0.2, 0.25) is 0 Å². The van der Waals surface area contributed by atoms with E-state index in [0.717, 1.165) is 25.9 Å². The van der Waals surface area contributed by atoms with Crippen molar-refractivity contribution < 1.29 is 4.92 Å². The molecule has 2 rings (SSSR count). The summed E-state index contributed by atoms with van der Waals surface area (Å²) in [4.78, 5) is 32.0. The summed E-state index contributed by atoms with van der Waals surface area (Å²) < 4.78 is 0. The third-order valence-corrected chi connectivity index (χ3v) is 3.56. The topological polar surface area (TPSA) is 95.4 Å². The molecule has 0 spiro atoms. The van der Waals surface area contributed by atoms with Crippen LogP contribution in [0.15, 0.2) is 11.1 Å². The van der Waals surface area contributed by atoms with Crippen molar-refractivity contribution in [2.45, 2.75) is 18.9 Å². The van der Waals surface area contributed by atoms with Crippen molar-refractivity contribution in [2.75, 3.05) is 32.1 Å². The second-order valence-corrected chi connectivity index (χ2v) is 4.81. The normalized spacial score (nSPS) is 17.4. The maximum Gasteiger partial charge on any atom is 0.375 e. The van der Waals surface area contributed by atoms with Crippen molar-refractivity contribution >= 4 is 11.5 Å². The van der Waals surface area contributed by atoms with Gasteiger partial charge in [-0.15, -0.1) is 0 Å². The SMILES string of the molecule is CN1CCC(N(C)c2nc[nH]c(=O)c2[N+](=O)[O-])CC1. The van der Waals surface area contributed by atoms with E-state index in [0.29, 0.717) is 0 Å². The molecule has 1 fully saturated rings. The lowest BCUT2D eigenvalue weighted by atomic mass is 10.0. The number of nitrogens with zero attached hydrogens (tertiary/aromatic N) is 4. The predicted octanol–water partition coefficient (Wildman–Crippen LogP) is 0.208. The van der Waals surface area contributed by atoms with Gasteiger partial charge < -0.3 is 14.8 Å². The van der Waals surface area contributed by atoms with Gasteiger partial charge in [-0.25, -0.2) is 4.98 Å². The lowest BCUT2D eigenvalue weighted by Gasteiger charge is -2.35. The highest BCUT2D eigenvalue weighted by Gasteiger charge is 2.29. The number of hydrogen-bond donors (Lipinski definition) is 1. The van der Waals surface area contributed by atoms with Crippen LogP contribution >= 0.6 is 0 Å².